The van der Waals surface area contributed by atoms with Gasteiger partial charge in [-0.1, -0.05) is 66.2 Å². The molecule has 5 nitrogen and oxygen atoms in total. The number of rotatable bonds is 9. The number of hydrogen-bond acceptors (Lipinski definition) is 3. The smallest absolute Gasteiger partial charge is 0.251 e. The first-order valence-electron chi connectivity index (χ1n) is 10.4. The molecule has 0 saturated heterocycles. The maximum Gasteiger partial charge on any atom is 0.251 e. The first-order valence-corrected chi connectivity index (χ1v) is 11.9. The van der Waals surface area contributed by atoms with Crippen molar-refractivity contribution in [3.8, 4) is 0 Å². The topological polar surface area (TPSA) is 66.5 Å². The van der Waals surface area contributed by atoms with Crippen LogP contribution in [0, 0.1) is 6.92 Å². The van der Waals surface area contributed by atoms with Crippen LogP contribution in [0.4, 0.5) is 0 Å². The van der Waals surface area contributed by atoms with Crippen LogP contribution in [0.15, 0.2) is 96.4 Å². The Bertz CT molecular complexity index is 1160. The summed E-state index contributed by atoms with van der Waals surface area (Å²) in [7, 11) is -3.65. The molecule has 32 heavy (non-hydrogen) atoms. The van der Waals surface area contributed by atoms with Crippen LogP contribution in [0.3, 0.4) is 0 Å². The zero-order valence-electron chi connectivity index (χ0n) is 18.4. The summed E-state index contributed by atoms with van der Waals surface area (Å²) in [5, 5.41) is 3.00. The average molecular weight is 449 g/mol. The third kappa shape index (κ3) is 5.72. The number of amides is 1. The van der Waals surface area contributed by atoms with Gasteiger partial charge in [0.05, 0.1) is 10.9 Å². The second kappa shape index (κ2) is 10.4. The lowest BCUT2D eigenvalue weighted by Crippen LogP contribution is -2.31. The van der Waals surface area contributed by atoms with E-state index in [2.05, 4.69) is 11.9 Å². The molecule has 3 aromatic carbocycles. The van der Waals surface area contributed by atoms with Crippen molar-refractivity contribution in [1.82, 2.24) is 9.62 Å². The predicted octanol–water partition coefficient (Wildman–Crippen LogP) is 4.86. The Balaban J connectivity index is 1.70. The number of carbonyl (C=O) groups is 1. The van der Waals surface area contributed by atoms with E-state index in [0.717, 1.165) is 11.1 Å². The number of sulfonamides is 1. The van der Waals surface area contributed by atoms with Gasteiger partial charge < -0.3 is 5.32 Å². The van der Waals surface area contributed by atoms with E-state index in [0.29, 0.717) is 5.56 Å². The molecule has 0 saturated carbocycles. The summed E-state index contributed by atoms with van der Waals surface area (Å²) in [6, 6.07) is 23.2. The summed E-state index contributed by atoms with van der Waals surface area (Å²) in [6.07, 6.45) is 1.56. The lowest BCUT2D eigenvalue weighted by atomic mass is 10.1. The van der Waals surface area contributed by atoms with E-state index < -0.39 is 10.0 Å². The predicted molar refractivity (Wildman–Crippen MR) is 128 cm³/mol. The zero-order valence-corrected chi connectivity index (χ0v) is 19.2. The summed E-state index contributed by atoms with van der Waals surface area (Å²) in [5.41, 5.74) is 3.51. The van der Waals surface area contributed by atoms with Gasteiger partial charge in [0.15, 0.2) is 0 Å². The second-order valence-corrected chi connectivity index (χ2v) is 9.64. The summed E-state index contributed by atoms with van der Waals surface area (Å²) < 4.78 is 27.4. The molecular formula is C26H28N2O3S. The molecular weight excluding hydrogens is 420 g/mol. The van der Waals surface area contributed by atoms with E-state index in [4.69, 9.17) is 0 Å². The highest BCUT2D eigenvalue weighted by molar-refractivity contribution is 7.89. The van der Waals surface area contributed by atoms with Gasteiger partial charge in [0.2, 0.25) is 10.0 Å². The van der Waals surface area contributed by atoms with Crippen LogP contribution in [0.5, 0.6) is 0 Å². The monoisotopic (exact) mass is 448 g/mol. The van der Waals surface area contributed by atoms with Crippen molar-refractivity contribution in [2.24, 2.45) is 0 Å². The normalized spacial score (nSPS) is 12.3. The highest BCUT2D eigenvalue weighted by Crippen LogP contribution is 2.19. The largest absolute Gasteiger partial charge is 0.346 e. The van der Waals surface area contributed by atoms with Gasteiger partial charge in [0.1, 0.15) is 0 Å². The summed E-state index contributed by atoms with van der Waals surface area (Å²) in [6.45, 7) is 8.02. The van der Waals surface area contributed by atoms with Gasteiger partial charge in [-0.15, -0.1) is 6.58 Å². The number of hydrogen-bond donors (Lipinski definition) is 1. The molecule has 3 aromatic rings. The van der Waals surface area contributed by atoms with Crippen molar-refractivity contribution < 1.29 is 13.2 Å². The lowest BCUT2D eigenvalue weighted by Gasteiger charge is -2.21. The Labute approximate surface area is 190 Å². The van der Waals surface area contributed by atoms with Crippen LogP contribution in [0.1, 0.15) is 40.0 Å². The number of nitrogens with zero attached hydrogens (tertiary/aromatic N) is 1. The molecule has 1 atom stereocenters. The van der Waals surface area contributed by atoms with Crippen LogP contribution in [-0.4, -0.2) is 25.2 Å². The molecule has 0 aliphatic rings. The van der Waals surface area contributed by atoms with Crippen LogP contribution in [-0.2, 0) is 16.6 Å². The second-order valence-electron chi connectivity index (χ2n) is 7.70. The van der Waals surface area contributed by atoms with Gasteiger partial charge >= 0.3 is 0 Å². The first kappa shape index (κ1) is 23.4. The van der Waals surface area contributed by atoms with Gasteiger partial charge in [0.25, 0.3) is 5.91 Å². The minimum Gasteiger partial charge on any atom is -0.346 e. The van der Waals surface area contributed by atoms with Crippen LogP contribution >= 0.6 is 0 Å². The van der Waals surface area contributed by atoms with Crippen molar-refractivity contribution in [3.05, 3.63) is 114 Å². The van der Waals surface area contributed by atoms with E-state index >= 15 is 0 Å². The molecule has 0 unspecified atom stereocenters. The fraction of sp³-hybridized carbons (Fsp3) is 0.192. The Morgan fingerprint density at radius 2 is 1.62 bits per heavy atom. The quantitative estimate of drug-likeness (QED) is 0.475. The van der Waals surface area contributed by atoms with Crippen molar-refractivity contribution in [2.75, 3.05) is 6.54 Å². The Morgan fingerprint density at radius 3 is 2.22 bits per heavy atom. The highest BCUT2D eigenvalue weighted by Gasteiger charge is 2.23. The highest BCUT2D eigenvalue weighted by atomic mass is 32.2. The van der Waals surface area contributed by atoms with Crippen LogP contribution < -0.4 is 5.32 Å². The van der Waals surface area contributed by atoms with Crippen molar-refractivity contribution in [2.45, 2.75) is 31.3 Å². The summed E-state index contributed by atoms with van der Waals surface area (Å²) in [5.74, 6) is -0.176. The number of benzene rings is 3. The van der Waals surface area contributed by atoms with Crippen molar-refractivity contribution in [1.29, 1.82) is 0 Å². The third-order valence-corrected chi connectivity index (χ3v) is 7.04. The molecule has 3 rings (SSSR count). The van der Waals surface area contributed by atoms with Gasteiger partial charge in [-0.2, -0.15) is 4.31 Å². The maximum atomic E-state index is 13.0. The minimum absolute atomic E-state index is 0.123. The number of carbonyl (C=O) groups excluding carboxylic acids is 1. The maximum absolute atomic E-state index is 13.0. The standard InChI is InChI=1S/C26H28N2O3S/c1-4-18-28(32(30,31)25-8-6-5-7-9-25)19-22-12-16-24(17-13-22)26(29)27-21(3)23-14-10-20(2)11-15-23/h4-17,21H,1,18-19H2,2-3H3,(H,27,29)/t21-/m0/s1. The van der Waals surface area contributed by atoms with Gasteiger partial charge in [-0.05, 0) is 49.2 Å². The lowest BCUT2D eigenvalue weighted by molar-refractivity contribution is 0.0940. The van der Waals surface area contributed by atoms with Gasteiger partial charge in [-0.25, -0.2) is 8.42 Å². The molecule has 0 aromatic heterocycles. The molecule has 0 aliphatic carbocycles. The molecule has 0 fully saturated rings. The average Bonchev–Trinajstić information content (AvgIpc) is 2.80. The van der Waals surface area contributed by atoms with E-state index in [9.17, 15) is 13.2 Å². The zero-order chi connectivity index (χ0) is 23.1. The van der Waals surface area contributed by atoms with Crippen molar-refractivity contribution >= 4 is 15.9 Å². The molecule has 0 aliphatic heterocycles. The Morgan fingerprint density at radius 1 is 1.00 bits per heavy atom. The SMILES string of the molecule is C=CCN(Cc1ccc(C(=O)N[C@@H](C)c2ccc(C)cc2)cc1)S(=O)(=O)c1ccccc1. The van der Waals surface area contributed by atoms with Gasteiger partial charge in [-0.3, -0.25) is 4.79 Å². The van der Waals surface area contributed by atoms with E-state index in [1.807, 2.05) is 38.1 Å². The van der Waals surface area contributed by atoms with Crippen LogP contribution in [0.2, 0.25) is 0 Å². The van der Waals surface area contributed by atoms with Gasteiger partial charge in [0, 0.05) is 18.7 Å². The fourth-order valence-electron chi connectivity index (χ4n) is 3.32. The van der Waals surface area contributed by atoms with E-state index in [-0.39, 0.29) is 29.9 Å². The third-order valence-electron chi connectivity index (χ3n) is 5.21. The molecule has 1 amide bonds. The Hall–Kier alpha value is -3.22. The fourth-order valence-corrected chi connectivity index (χ4v) is 4.74. The summed E-state index contributed by atoms with van der Waals surface area (Å²) >= 11 is 0. The minimum atomic E-state index is -3.65. The number of nitrogens with one attached hydrogen (secondary N) is 1. The summed E-state index contributed by atoms with van der Waals surface area (Å²) in [4.78, 5) is 12.9. The molecule has 6 heteroatoms. The molecule has 0 heterocycles. The molecule has 0 spiro atoms. The van der Waals surface area contributed by atoms with Crippen molar-refractivity contribution in [3.63, 3.8) is 0 Å². The molecule has 1 N–H and O–H groups in total. The Kier molecular flexibility index (Phi) is 7.62. The molecule has 0 bridgehead atoms. The molecule has 166 valence electrons. The van der Waals surface area contributed by atoms with E-state index in [1.165, 1.54) is 9.87 Å². The first-order chi connectivity index (χ1) is 15.3. The van der Waals surface area contributed by atoms with E-state index in [1.54, 1.807) is 60.7 Å². The molecule has 0 radical (unpaired) electrons. The number of aryl methyl sites for hydroxylation is 1. The van der Waals surface area contributed by atoms with Crippen LogP contribution in [0.25, 0.3) is 0 Å².